The minimum absolute atomic E-state index is 0.129. The molecule has 1 unspecified atom stereocenters. The Morgan fingerprint density at radius 2 is 2.21 bits per heavy atom. The number of hydrogen-bond acceptors (Lipinski definition) is 5. The van der Waals surface area contributed by atoms with Crippen molar-refractivity contribution < 1.29 is 13.2 Å². The molecule has 9 heteroatoms. The average molecular weight is 431 g/mol. The molecule has 1 atom stereocenters. The highest BCUT2D eigenvalue weighted by atomic mass is 32.2. The van der Waals surface area contributed by atoms with Gasteiger partial charge in [0.25, 0.3) is 5.91 Å². The lowest BCUT2D eigenvalue weighted by Gasteiger charge is -2.26. The maximum absolute atomic E-state index is 13.1. The Hall–Kier alpha value is -2.49. The van der Waals surface area contributed by atoms with Crippen LogP contribution in [0.1, 0.15) is 27.7 Å². The molecule has 29 heavy (non-hydrogen) atoms. The molecule has 3 heterocycles. The van der Waals surface area contributed by atoms with Gasteiger partial charge in [-0.1, -0.05) is 6.07 Å². The van der Waals surface area contributed by atoms with E-state index in [1.165, 1.54) is 15.2 Å². The van der Waals surface area contributed by atoms with Gasteiger partial charge in [-0.15, -0.1) is 11.3 Å². The number of sulfonamides is 1. The number of benzene rings is 1. The Labute approximate surface area is 174 Å². The molecule has 2 aromatic heterocycles. The molecule has 1 aromatic carbocycles. The van der Waals surface area contributed by atoms with Gasteiger partial charge in [0.05, 0.1) is 11.2 Å². The van der Waals surface area contributed by atoms with Crippen LogP contribution in [0, 0.1) is 0 Å². The fraction of sp³-hybridized carbons (Fsp3) is 0.300. The third-order valence-corrected chi connectivity index (χ3v) is 7.79. The van der Waals surface area contributed by atoms with E-state index in [4.69, 9.17) is 0 Å². The number of fused-ring (bicyclic) bond motifs is 1. The maximum atomic E-state index is 13.1. The topological polar surface area (TPSA) is 84.3 Å². The number of aromatic nitrogens is 2. The summed E-state index contributed by atoms with van der Waals surface area (Å²) in [5.41, 5.74) is 1.39. The molecular formula is C20H22N4O3S2. The molecular weight excluding hydrogens is 408 g/mol. The predicted octanol–water partition coefficient (Wildman–Crippen LogP) is 2.51. The van der Waals surface area contributed by atoms with Crippen molar-refractivity contribution in [2.75, 3.05) is 6.54 Å². The molecule has 0 fully saturated rings. The first-order valence-electron chi connectivity index (χ1n) is 9.35. The van der Waals surface area contributed by atoms with Gasteiger partial charge in [0.1, 0.15) is 0 Å². The molecule has 4 rings (SSSR count). The zero-order valence-corrected chi connectivity index (χ0v) is 17.6. The Balaban J connectivity index is 1.48. The number of imidazole rings is 1. The van der Waals surface area contributed by atoms with Crippen molar-refractivity contribution in [1.29, 1.82) is 0 Å². The van der Waals surface area contributed by atoms with E-state index in [0.29, 0.717) is 25.2 Å². The third-order valence-electron chi connectivity index (χ3n) is 4.93. The summed E-state index contributed by atoms with van der Waals surface area (Å²) in [7, 11) is -3.66. The summed E-state index contributed by atoms with van der Waals surface area (Å²) >= 11 is 1.67. The van der Waals surface area contributed by atoms with E-state index in [2.05, 4.69) is 10.3 Å². The average Bonchev–Trinajstić information content (AvgIpc) is 3.39. The van der Waals surface area contributed by atoms with Crippen molar-refractivity contribution in [2.24, 2.45) is 0 Å². The summed E-state index contributed by atoms with van der Waals surface area (Å²) in [5.74, 6) is -0.298. The number of thiophene rings is 1. The molecule has 0 radical (unpaired) electrons. The van der Waals surface area contributed by atoms with Gasteiger partial charge in [-0.2, -0.15) is 4.31 Å². The van der Waals surface area contributed by atoms with Gasteiger partial charge in [-0.05, 0) is 48.6 Å². The Morgan fingerprint density at radius 3 is 3.00 bits per heavy atom. The minimum atomic E-state index is -3.66. The van der Waals surface area contributed by atoms with Crippen molar-refractivity contribution in [3.05, 3.63) is 70.4 Å². The fourth-order valence-electron chi connectivity index (χ4n) is 3.44. The summed E-state index contributed by atoms with van der Waals surface area (Å²) in [4.78, 5) is 18.0. The lowest BCUT2D eigenvalue weighted by Crippen LogP contribution is -2.36. The molecule has 1 aliphatic rings. The van der Waals surface area contributed by atoms with Crippen LogP contribution in [0.4, 0.5) is 0 Å². The summed E-state index contributed by atoms with van der Waals surface area (Å²) < 4.78 is 29.6. The Kier molecular flexibility index (Phi) is 5.53. The van der Waals surface area contributed by atoms with Gasteiger partial charge >= 0.3 is 0 Å². The number of nitrogens with zero attached hydrogens (tertiary/aromatic N) is 3. The van der Waals surface area contributed by atoms with E-state index >= 15 is 0 Å². The van der Waals surface area contributed by atoms with E-state index < -0.39 is 10.0 Å². The van der Waals surface area contributed by atoms with E-state index in [1.807, 2.05) is 29.1 Å². The first-order chi connectivity index (χ1) is 13.9. The Morgan fingerprint density at radius 1 is 1.34 bits per heavy atom. The van der Waals surface area contributed by atoms with Crippen LogP contribution in [0.3, 0.4) is 0 Å². The van der Waals surface area contributed by atoms with Crippen LogP contribution in [-0.4, -0.2) is 40.8 Å². The lowest BCUT2D eigenvalue weighted by molar-refractivity contribution is 0.0936. The van der Waals surface area contributed by atoms with Crippen molar-refractivity contribution in [1.82, 2.24) is 19.2 Å². The molecule has 1 amide bonds. The number of nitrogens with one attached hydrogen (secondary N) is 1. The largest absolute Gasteiger partial charge is 0.348 e. The molecule has 7 nitrogen and oxygen atoms in total. The van der Waals surface area contributed by atoms with Gasteiger partial charge in [0.15, 0.2) is 0 Å². The summed E-state index contributed by atoms with van der Waals surface area (Å²) in [6.07, 6.45) is 5.92. The van der Waals surface area contributed by atoms with Crippen LogP contribution in [0.2, 0.25) is 0 Å². The van der Waals surface area contributed by atoms with Crippen LogP contribution >= 0.6 is 11.3 Å². The highest BCUT2D eigenvalue weighted by Crippen LogP contribution is 2.28. The first-order valence-corrected chi connectivity index (χ1v) is 11.7. The lowest BCUT2D eigenvalue weighted by atomic mass is 10.1. The van der Waals surface area contributed by atoms with Crippen molar-refractivity contribution in [3.8, 4) is 0 Å². The highest BCUT2D eigenvalue weighted by Gasteiger charge is 2.29. The predicted molar refractivity (Wildman–Crippen MR) is 111 cm³/mol. The number of rotatable bonds is 6. The van der Waals surface area contributed by atoms with Gasteiger partial charge in [0.2, 0.25) is 10.0 Å². The zero-order valence-electron chi connectivity index (χ0n) is 16.0. The Bertz CT molecular complexity index is 1110. The maximum Gasteiger partial charge on any atom is 0.251 e. The molecule has 1 N–H and O–H groups in total. The normalized spacial score (nSPS) is 15.6. The SMILES string of the molecule is CC(Cn1ccnc1)NC(=O)c1cccc(S(=O)(=O)N2CCc3sccc3C2)c1. The molecule has 0 saturated heterocycles. The molecule has 3 aromatic rings. The molecule has 152 valence electrons. The van der Waals surface area contributed by atoms with Crippen LogP contribution in [0.5, 0.6) is 0 Å². The van der Waals surface area contributed by atoms with Crippen molar-refractivity contribution in [3.63, 3.8) is 0 Å². The summed E-state index contributed by atoms with van der Waals surface area (Å²) in [6.45, 7) is 3.30. The van der Waals surface area contributed by atoms with E-state index in [-0.39, 0.29) is 16.8 Å². The third kappa shape index (κ3) is 4.26. The molecule has 0 bridgehead atoms. The van der Waals surface area contributed by atoms with Crippen LogP contribution in [0.15, 0.2) is 59.3 Å². The number of amides is 1. The second-order valence-electron chi connectivity index (χ2n) is 7.12. The zero-order chi connectivity index (χ0) is 20.4. The number of hydrogen-bond donors (Lipinski definition) is 1. The standard InChI is InChI=1S/C20H22N4O3S2/c1-15(12-23-9-7-21-14-23)22-20(25)16-3-2-4-18(11-16)29(26,27)24-8-5-19-17(13-24)6-10-28-19/h2-4,6-7,9-11,14-15H,5,8,12-13H2,1H3,(H,22,25). The monoisotopic (exact) mass is 430 g/mol. The van der Waals surface area contributed by atoms with Crippen molar-refractivity contribution >= 4 is 27.3 Å². The molecule has 0 saturated carbocycles. The molecule has 1 aliphatic heterocycles. The molecule has 0 aliphatic carbocycles. The number of carbonyl (C=O) groups is 1. The van der Waals surface area contributed by atoms with Crippen LogP contribution in [0.25, 0.3) is 0 Å². The second kappa shape index (κ2) is 8.10. The van der Waals surface area contributed by atoms with Crippen molar-refractivity contribution in [2.45, 2.75) is 37.4 Å². The number of carbonyl (C=O) groups excluding carboxylic acids is 1. The van der Waals surface area contributed by atoms with Gasteiger partial charge in [-0.25, -0.2) is 13.4 Å². The molecule has 0 spiro atoms. The van der Waals surface area contributed by atoms with Gasteiger partial charge < -0.3 is 9.88 Å². The summed E-state index contributed by atoms with van der Waals surface area (Å²) in [5, 5.41) is 4.90. The second-order valence-corrected chi connectivity index (χ2v) is 10.1. The highest BCUT2D eigenvalue weighted by molar-refractivity contribution is 7.89. The van der Waals surface area contributed by atoms with E-state index in [9.17, 15) is 13.2 Å². The van der Waals surface area contributed by atoms with Gasteiger partial charge in [0, 0.05) is 48.5 Å². The quantitative estimate of drug-likeness (QED) is 0.651. The van der Waals surface area contributed by atoms with E-state index in [1.54, 1.807) is 42.1 Å². The first kappa shape index (κ1) is 19.8. The summed E-state index contributed by atoms with van der Waals surface area (Å²) in [6, 6.07) is 8.10. The van der Waals surface area contributed by atoms with E-state index in [0.717, 1.165) is 12.0 Å². The fourth-order valence-corrected chi connectivity index (χ4v) is 5.79. The van der Waals surface area contributed by atoms with Crippen LogP contribution < -0.4 is 5.32 Å². The van der Waals surface area contributed by atoms with Crippen LogP contribution in [-0.2, 0) is 29.5 Å². The minimum Gasteiger partial charge on any atom is -0.348 e. The smallest absolute Gasteiger partial charge is 0.251 e. The van der Waals surface area contributed by atoms with Gasteiger partial charge in [-0.3, -0.25) is 4.79 Å².